The number of hydrogen-bond acceptors (Lipinski definition) is 1. The summed E-state index contributed by atoms with van der Waals surface area (Å²) in [4.78, 5) is 0. The summed E-state index contributed by atoms with van der Waals surface area (Å²) >= 11 is 0. The van der Waals surface area contributed by atoms with E-state index in [9.17, 15) is 8.78 Å². The van der Waals surface area contributed by atoms with Gasteiger partial charge in [-0.2, -0.15) is 0 Å². The third kappa shape index (κ3) is 2.75. The zero-order valence-electron chi connectivity index (χ0n) is 11.6. The van der Waals surface area contributed by atoms with Crippen LogP contribution in [0, 0.1) is 11.6 Å². The Balaban J connectivity index is 1.94. The highest BCUT2D eigenvalue weighted by molar-refractivity contribution is 5.81. The Hall–Kier alpha value is -2.36. The molecular weight excluding hydrogens is 272 g/mol. The number of ether oxygens (including phenoxy) is 1. The van der Waals surface area contributed by atoms with E-state index in [0.29, 0.717) is 18.7 Å². The minimum absolute atomic E-state index is 0.365. The van der Waals surface area contributed by atoms with Crippen LogP contribution in [0.15, 0.2) is 48.7 Å². The summed E-state index contributed by atoms with van der Waals surface area (Å²) < 4.78 is 34.1. The van der Waals surface area contributed by atoms with Gasteiger partial charge < -0.3 is 9.30 Å². The molecule has 0 bridgehead atoms. The monoisotopic (exact) mass is 287 g/mol. The second kappa shape index (κ2) is 5.56. The van der Waals surface area contributed by atoms with Crippen molar-refractivity contribution in [2.75, 3.05) is 6.61 Å². The average Bonchev–Trinajstić information content (AvgIpc) is 2.85. The third-order valence-corrected chi connectivity index (χ3v) is 3.41. The topological polar surface area (TPSA) is 14.2 Å². The highest BCUT2D eigenvalue weighted by Crippen LogP contribution is 2.23. The minimum atomic E-state index is -0.560. The smallest absolute Gasteiger partial charge is 0.131 e. The van der Waals surface area contributed by atoms with Crippen molar-refractivity contribution in [3.63, 3.8) is 0 Å². The molecular formula is C17H15F2NO. The van der Waals surface area contributed by atoms with Gasteiger partial charge in [-0.3, -0.25) is 0 Å². The van der Waals surface area contributed by atoms with Crippen LogP contribution in [-0.2, 0) is 6.54 Å². The van der Waals surface area contributed by atoms with E-state index in [1.54, 1.807) is 0 Å². The molecule has 0 unspecified atom stereocenters. The van der Waals surface area contributed by atoms with E-state index in [-0.39, 0.29) is 0 Å². The van der Waals surface area contributed by atoms with Gasteiger partial charge in [0.05, 0.1) is 13.2 Å². The molecule has 3 rings (SSSR count). The van der Waals surface area contributed by atoms with Crippen LogP contribution in [0.3, 0.4) is 0 Å². The van der Waals surface area contributed by atoms with Gasteiger partial charge in [-0.1, -0.05) is 6.07 Å². The van der Waals surface area contributed by atoms with Crippen molar-refractivity contribution < 1.29 is 13.5 Å². The van der Waals surface area contributed by atoms with Gasteiger partial charge in [0.2, 0.25) is 0 Å². The van der Waals surface area contributed by atoms with Crippen LogP contribution in [0.5, 0.6) is 5.75 Å². The van der Waals surface area contributed by atoms with Crippen LogP contribution in [-0.4, -0.2) is 11.2 Å². The predicted molar refractivity (Wildman–Crippen MR) is 78.6 cm³/mol. The molecule has 1 heterocycles. The number of benzene rings is 2. The van der Waals surface area contributed by atoms with Crippen molar-refractivity contribution in [2.45, 2.75) is 13.5 Å². The molecule has 0 fully saturated rings. The van der Waals surface area contributed by atoms with E-state index in [1.807, 2.05) is 42.0 Å². The SMILES string of the molecule is CCOc1ccc2c(ccn2Cc2ccc(F)cc2F)c1. The molecule has 2 nitrogen and oxygen atoms in total. The number of nitrogens with zero attached hydrogens (tertiary/aromatic N) is 1. The van der Waals surface area contributed by atoms with Crippen LogP contribution in [0.4, 0.5) is 8.78 Å². The van der Waals surface area contributed by atoms with E-state index in [2.05, 4.69) is 0 Å². The fourth-order valence-corrected chi connectivity index (χ4v) is 2.41. The van der Waals surface area contributed by atoms with Gasteiger partial charge in [0.15, 0.2) is 0 Å². The standard InChI is InChI=1S/C17H15F2NO/c1-2-21-15-5-6-17-12(9-15)7-8-20(17)11-13-3-4-14(18)10-16(13)19/h3-10H,2,11H2,1H3. The molecule has 0 amide bonds. The normalized spacial score (nSPS) is 11.0. The van der Waals surface area contributed by atoms with Crippen LogP contribution in [0.1, 0.15) is 12.5 Å². The van der Waals surface area contributed by atoms with Gasteiger partial charge in [0.25, 0.3) is 0 Å². The largest absolute Gasteiger partial charge is 0.494 e. The lowest BCUT2D eigenvalue weighted by molar-refractivity contribution is 0.340. The second-order valence-corrected chi connectivity index (χ2v) is 4.83. The third-order valence-electron chi connectivity index (χ3n) is 3.41. The first-order valence-electron chi connectivity index (χ1n) is 6.83. The lowest BCUT2D eigenvalue weighted by Gasteiger charge is -2.08. The Morgan fingerprint density at radius 1 is 1.05 bits per heavy atom. The summed E-state index contributed by atoms with van der Waals surface area (Å²) in [5.41, 5.74) is 1.45. The Kier molecular flexibility index (Phi) is 3.60. The molecule has 108 valence electrons. The lowest BCUT2D eigenvalue weighted by Crippen LogP contribution is -2.01. The number of rotatable bonds is 4. The second-order valence-electron chi connectivity index (χ2n) is 4.83. The van der Waals surface area contributed by atoms with Crippen molar-refractivity contribution in [2.24, 2.45) is 0 Å². The quantitative estimate of drug-likeness (QED) is 0.695. The molecule has 0 atom stereocenters. The highest BCUT2D eigenvalue weighted by Gasteiger charge is 2.07. The van der Waals surface area contributed by atoms with Gasteiger partial charge in [0, 0.05) is 28.7 Å². The summed E-state index contributed by atoms with van der Waals surface area (Å²) in [6, 6.07) is 11.4. The van der Waals surface area contributed by atoms with E-state index < -0.39 is 11.6 Å². The highest BCUT2D eigenvalue weighted by atomic mass is 19.1. The van der Waals surface area contributed by atoms with Gasteiger partial charge in [-0.15, -0.1) is 0 Å². The molecule has 0 saturated heterocycles. The Bertz CT molecular complexity index is 780. The number of aromatic nitrogens is 1. The van der Waals surface area contributed by atoms with Crippen molar-refractivity contribution in [1.82, 2.24) is 4.57 Å². The van der Waals surface area contributed by atoms with Gasteiger partial charge in [-0.05, 0) is 37.3 Å². The maximum Gasteiger partial charge on any atom is 0.131 e. The summed E-state index contributed by atoms with van der Waals surface area (Å²) in [6.45, 7) is 2.92. The molecule has 1 aromatic heterocycles. The summed E-state index contributed by atoms with van der Waals surface area (Å²) in [5, 5.41) is 1.03. The first-order valence-corrected chi connectivity index (χ1v) is 6.83. The fraction of sp³-hybridized carbons (Fsp3) is 0.176. The first kappa shape index (κ1) is 13.6. The van der Waals surface area contributed by atoms with Crippen LogP contribution in [0.25, 0.3) is 10.9 Å². The Morgan fingerprint density at radius 3 is 2.67 bits per heavy atom. The molecule has 0 N–H and O–H groups in total. The maximum absolute atomic E-state index is 13.7. The van der Waals surface area contributed by atoms with Crippen LogP contribution in [0.2, 0.25) is 0 Å². The zero-order chi connectivity index (χ0) is 14.8. The van der Waals surface area contributed by atoms with Gasteiger partial charge in [-0.25, -0.2) is 8.78 Å². The maximum atomic E-state index is 13.7. The van der Waals surface area contributed by atoms with E-state index >= 15 is 0 Å². The molecule has 4 heteroatoms. The minimum Gasteiger partial charge on any atom is -0.494 e. The first-order chi connectivity index (χ1) is 10.2. The van der Waals surface area contributed by atoms with Gasteiger partial charge in [0.1, 0.15) is 17.4 Å². The molecule has 2 aromatic carbocycles. The Morgan fingerprint density at radius 2 is 1.90 bits per heavy atom. The van der Waals surface area contributed by atoms with E-state index in [0.717, 1.165) is 22.7 Å². The zero-order valence-corrected chi connectivity index (χ0v) is 11.6. The van der Waals surface area contributed by atoms with Crippen LogP contribution >= 0.6 is 0 Å². The number of fused-ring (bicyclic) bond motifs is 1. The average molecular weight is 287 g/mol. The molecule has 0 aliphatic rings. The Labute approximate surface area is 121 Å². The molecule has 0 aliphatic heterocycles. The molecule has 0 aliphatic carbocycles. The molecule has 21 heavy (non-hydrogen) atoms. The van der Waals surface area contributed by atoms with E-state index in [4.69, 9.17) is 4.74 Å². The molecule has 0 radical (unpaired) electrons. The summed E-state index contributed by atoms with van der Waals surface area (Å²) in [7, 11) is 0. The van der Waals surface area contributed by atoms with Crippen molar-refractivity contribution in [1.29, 1.82) is 0 Å². The number of hydrogen-bond donors (Lipinski definition) is 0. The number of halogens is 2. The van der Waals surface area contributed by atoms with Crippen molar-refractivity contribution in [3.8, 4) is 5.75 Å². The van der Waals surface area contributed by atoms with Crippen LogP contribution < -0.4 is 4.74 Å². The van der Waals surface area contributed by atoms with Crippen molar-refractivity contribution >= 4 is 10.9 Å². The summed E-state index contributed by atoms with van der Waals surface area (Å²) in [5.74, 6) is -0.270. The lowest BCUT2D eigenvalue weighted by atomic mass is 10.2. The molecule has 0 spiro atoms. The van der Waals surface area contributed by atoms with E-state index in [1.165, 1.54) is 12.1 Å². The summed E-state index contributed by atoms with van der Waals surface area (Å²) in [6.07, 6.45) is 1.89. The fourth-order valence-electron chi connectivity index (χ4n) is 2.41. The molecule has 0 saturated carbocycles. The van der Waals surface area contributed by atoms with Crippen molar-refractivity contribution in [3.05, 3.63) is 65.9 Å². The van der Waals surface area contributed by atoms with Gasteiger partial charge >= 0.3 is 0 Å². The predicted octanol–water partition coefficient (Wildman–Crippen LogP) is 4.37. The molecule has 3 aromatic rings.